The van der Waals surface area contributed by atoms with Gasteiger partial charge in [0.05, 0.1) is 6.54 Å². The number of aromatic nitrogens is 4. The van der Waals surface area contributed by atoms with E-state index in [-0.39, 0.29) is 11.8 Å². The van der Waals surface area contributed by atoms with E-state index in [0.717, 1.165) is 37.4 Å². The molecule has 0 spiro atoms. The van der Waals surface area contributed by atoms with Crippen LogP contribution < -0.4 is 15.0 Å². The van der Waals surface area contributed by atoms with Crippen molar-refractivity contribution in [2.24, 2.45) is 5.92 Å². The minimum Gasteiger partial charge on any atom is -0.492 e. The van der Waals surface area contributed by atoms with Crippen molar-refractivity contribution in [1.29, 1.82) is 0 Å². The first-order valence-electron chi connectivity index (χ1n) is 9.27. The highest BCUT2D eigenvalue weighted by molar-refractivity contribution is 6.30. The van der Waals surface area contributed by atoms with Crippen LogP contribution in [0.25, 0.3) is 5.65 Å². The molecule has 3 heterocycles. The van der Waals surface area contributed by atoms with Gasteiger partial charge >= 0.3 is 0 Å². The van der Waals surface area contributed by atoms with Gasteiger partial charge in [0, 0.05) is 24.0 Å². The molecule has 3 aromatic rings. The number of halogens is 1. The Kier molecular flexibility index (Phi) is 5.57. The summed E-state index contributed by atoms with van der Waals surface area (Å²) in [4.78, 5) is 14.6. The van der Waals surface area contributed by atoms with Gasteiger partial charge in [0.15, 0.2) is 5.65 Å². The zero-order valence-corrected chi connectivity index (χ0v) is 16.0. The van der Waals surface area contributed by atoms with E-state index in [1.54, 1.807) is 23.0 Å². The molecule has 0 atom stereocenters. The maximum atomic E-state index is 12.4. The molecule has 28 heavy (non-hydrogen) atoms. The van der Waals surface area contributed by atoms with Crippen LogP contribution in [0.5, 0.6) is 5.75 Å². The number of hydrogen-bond acceptors (Lipinski definition) is 6. The van der Waals surface area contributed by atoms with E-state index in [1.807, 2.05) is 24.3 Å². The topological polar surface area (TPSA) is 84.6 Å². The summed E-state index contributed by atoms with van der Waals surface area (Å²) in [5.41, 5.74) is 0.720. The number of amides is 1. The van der Waals surface area contributed by atoms with Gasteiger partial charge in [0.1, 0.15) is 24.5 Å². The molecule has 1 N–H and O–H groups in total. The van der Waals surface area contributed by atoms with E-state index in [1.165, 1.54) is 0 Å². The van der Waals surface area contributed by atoms with Crippen molar-refractivity contribution in [3.05, 3.63) is 47.7 Å². The second-order valence-corrected chi connectivity index (χ2v) is 7.12. The lowest BCUT2D eigenvalue weighted by Crippen LogP contribution is -2.41. The van der Waals surface area contributed by atoms with Crippen LogP contribution in [-0.2, 0) is 4.79 Å². The first-order valence-corrected chi connectivity index (χ1v) is 9.65. The molecule has 0 radical (unpaired) electrons. The maximum Gasteiger partial charge on any atom is 0.223 e. The quantitative estimate of drug-likeness (QED) is 0.638. The SMILES string of the molecule is O=C(NCCOc1cccc(Cl)c1)C1CCN(c2ccc3nncn3n2)CC1. The summed E-state index contributed by atoms with van der Waals surface area (Å²) in [7, 11) is 0. The second kappa shape index (κ2) is 8.43. The van der Waals surface area contributed by atoms with Crippen LogP contribution in [-0.4, -0.2) is 52.0 Å². The Morgan fingerprint density at radius 3 is 2.93 bits per heavy atom. The number of piperidine rings is 1. The third-order valence-electron chi connectivity index (χ3n) is 4.80. The summed E-state index contributed by atoms with van der Waals surface area (Å²) in [6.07, 6.45) is 3.18. The Balaban J connectivity index is 1.21. The molecule has 0 saturated carbocycles. The molecule has 1 aliphatic rings. The first-order chi connectivity index (χ1) is 13.7. The van der Waals surface area contributed by atoms with Gasteiger partial charge in [0.25, 0.3) is 0 Å². The summed E-state index contributed by atoms with van der Waals surface area (Å²) >= 11 is 5.92. The van der Waals surface area contributed by atoms with Gasteiger partial charge < -0.3 is 15.0 Å². The van der Waals surface area contributed by atoms with Crippen molar-refractivity contribution in [3.8, 4) is 5.75 Å². The summed E-state index contributed by atoms with van der Waals surface area (Å²) in [6.45, 7) is 2.46. The highest BCUT2D eigenvalue weighted by Crippen LogP contribution is 2.22. The van der Waals surface area contributed by atoms with Crippen LogP contribution in [0.1, 0.15) is 12.8 Å². The average Bonchev–Trinajstić information content (AvgIpc) is 3.19. The zero-order chi connectivity index (χ0) is 19.3. The van der Waals surface area contributed by atoms with E-state index in [0.29, 0.717) is 23.9 Å². The van der Waals surface area contributed by atoms with E-state index >= 15 is 0 Å². The van der Waals surface area contributed by atoms with Gasteiger partial charge in [-0.25, -0.2) is 0 Å². The van der Waals surface area contributed by atoms with Crippen LogP contribution in [0, 0.1) is 5.92 Å². The predicted molar refractivity (Wildman–Crippen MR) is 106 cm³/mol. The number of rotatable bonds is 6. The third kappa shape index (κ3) is 4.33. The van der Waals surface area contributed by atoms with Gasteiger partial charge in [-0.15, -0.1) is 15.3 Å². The zero-order valence-electron chi connectivity index (χ0n) is 15.3. The summed E-state index contributed by atoms with van der Waals surface area (Å²) in [6, 6.07) is 11.1. The van der Waals surface area contributed by atoms with Crippen molar-refractivity contribution in [3.63, 3.8) is 0 Å². The van der Waals surface area contributed by atoms with Crippen LogP contribution in [0.15, 0.2) is 42.7 Å². The highest BCUT2D eigenvalue weighted by atomic mass is 35.5. The molecule has 0 unspecified atom stereocenters. The summed E-state index contributed by atoms with van der Waals surface area (Å²) in [5, 5.41) is 15.9. The molecule has 0 bridgehead atoms. The molecule has 2 aromatic heterocycles. The Labute approximate surface area is 167 Å². The standard InChI is InChI=1S/C19H21ClN6O2/c20-15-2-1-3-16(12-15)28-11-8-21-19(27)14-6-9-25(10-7-14)18-5-4-17-23-22-13-26(17)24-18/h1-5,12-14H,6-11H2,(H,21,27). The molecule has 1 amide bonds. The van der Waals surface area contributed by atoms with E-state index in [2.05, 4.69) is 25.5 Å². The second-order valence-electron chi connectivity index (χ2n) is 6.68. The molecule has 1 aromatic carbocycles. The van der Waals surface area contributed by atoms with Crippen molar-refractivity contribution < 1.29 is 9.53 Å². The van der Waals surface area contributed by atoms with Crippen LogP contribution >= 0.6 is 11.6 Å². The number of nitrogens with zero attached hydrogens (tertiary/aromatic N) is 5. The van der Waals surface area contributed by atoms with Gasteiger partial charge in [-0.3, -0.25) is 4.79 Å². The first kappa shape index (κ1) is 18.5. The fraction of sp³-hybridized carbons (Fsp3) is 0.368. The smallest absolute Gasteiger partial charge is 0.223 e. The monoisotopic (exact) mass is 400 g/mol. The number of benzene rings is 1. The average molecular weight is 401 g/mol. The van der Waals surface area contributed by atoms with Crippen molar-refractivity contribution >= 4 is 29.0 Å². The highest BCUT2D eigenvalue weighted by Gasteiger charge is 2.25. The Morgan fingerprint density at radius 1 is 1.25 bits per heavy atom. The van der Waals surface area contributed by atoms with E-state index < -0.39 is 0 Å². The molecule has 1 saturated heterocycles. The lowest BCUT2D eigenvalue weighted by molar-refractivity contribution is -0.125. The van der Waals surface area contributed by atoms with E-state index in [4.69, 9.17) is 16.3 Å². The van der Waals surface area contributed by atoms with Crippen molar-refractivity contribution in [2.45, 2.75) is 12.8 Å². The molecule has 1 aliphatic heterocycles. The van der Waals surface area contributed by atoms with Crippen molar-refractivity contribution in [1.82, 2.24) is 25.1 Å². The van der Waals surface area contributed by atoms with Crippen LogP contribution in [0.4, 0.5) is 5.82 Å². The minimum absolute atomic E-state index is 0.0149. The molecule has 146 valence electrons. The van der Waals surface area contributed by atoms with Crippen molar-refractivity contribution in [2.75, 3.05) is 31.1 Å². The molecular weight excluding hydrogens is 380 g/mol. The minimum atomic E-state index is 0.0149. The molecular formula is C19H21ClN6O2. The normalized spacial score (nSPS) is 15.0. The van der Waals surface area contributed by atoms with Gasteiger partial charge in [-0.2, -0.15) is 4.52 Å². The Hall–Kier alpha value is -2.87. The number of hydrogen-bond donors (Lipinski definition) is 1. The van der Waals surface area contributed by atoms with E-state index in [9.17, 15) is 4.79 Å². The fourth-order valence-electron chi connectivity index (χ4n) is 3.30. The van der Waals surface area contributed by atoms with Crippen LogP contribution in [0.2, 0.25) is 5.02 Å². The molecule has 9 heteroatoms. The van der Waals surface area contributed by atoms with Gasteiger partial charge in [-0.05, 0) is 43.2 Å². The molecule has 4 rings (SSSR count). The Bertz CT molecular complexity index is 954. The largest absolute Gasteiger partial charge is 0.492 e. The van der Waals surface area contributed by atoms with Crippen LogP contribution in [0.3, 0.4) is 0 Å². The maximum absolute atomic E-state index is 12.4. The Morgan fingerprint density at radius 2 is 2.11 bits per heavy atom. The molecule has 8 nitrogen and oxygen atoms in total. The number of carbonyl (C=O) groups is 1. The number of carbonyl (C=O) groups excluding carboxylic acids is 1. The number of nitrogens with one attached hydrogen (secondary N) is 1. The lowest BCUT2D eigenvalue weighted by atomic mass is 9.96. The molecule has 1 fully saturated rings. The number of ether oxygens (including phenoxy) is 1. The lowest BCUT2D eigenvalue weighted by Gasteiger charge is -2.32. The molecule has 0 aliphatic carbocycles. The summed E-state index contributed by atoms with van der Waals surface area (Å²) < 4.78 is 7.26. The van der Waals surface area contributed by atoms with Gasteiger partial charge in [-0.1, -0.05) is 17.7 Å². The van der Waals surface area contributed by atoms with Gasteiger partial charge in [0.2, 0.25) is 5.91 Å². The third-order valence-corrected chi connectivity index (χ3v) is 5.04. The number of anilines is 1. The fourth-order valence-corrected chi connectivity index (χ4v) is 3.48. The predicted octanol–water partition coefficient (Wildman–Crippen LogP) is 2.19. The number of fused-ring (bicyclic) bond motifs is 1. The summed E-state index contributed by atoms with van der Waals surface area (Å²) in [5.74, 6) is 1.67.